The zero-order valence-electron chi connectivity index (χ0n) is 34.8. The zero-order valence-corrected chi connectivity index (χ0v) is 34.8. The average molecular weight is 739 g/mol. The predicted octanol–water partition coefficient (Wildman–Crippen LogP) is 5.83. The second-order valence-electron chi connectivity index (χ2n) is 20.8. The molecule has 2 N–H and O–H groups in total. The van der Waals surface area contributed by atoms with Gasteiger partial charge in [-0.1, -0.05) is 81.1 Å². The van der Waals surface area contributed by atoms with Crippen LogP contribution in [0.1, 0.15) is 140 Å². The van der Waals surface area contributed by atoms with Crippen LogP contribution >= 0.6 is 0 Å². The number of fused-ring (bicyclic) bond motifs is 1. The van der Waals surface area contributed by atoms with Gasteiger partial charge in [0.25, 0.3) is 5.91 Å². The second kappa shape index (κ2) is 14.5. The smallest absolute Gasteiger partial charge is 0.285 e. The molecule has 2 spiro atoms. The van der Waals surface area contributed by atoms with Crippen LogP contribution in [-0.4, -0.2) is 94.6 Å². The number of rotatable bonds is 13. The summed E-state index contributed by atoms with van der Waals surface area (Å²) < 4.78 is 0. The number of nitrogens with zero attached hydrogens (tertiary/aromatic N) is 3. The van der Waals surface area contributed by atoms with Gasteiger partial charge in [0.05, 0.1) is 6.04 Å². The van der Waals surface area contributed by atoms with Crippen molar-refractivity contribution in [3.05, 3.63) is 0 Å². The number of likely N-dealkylation sites (N-methyl/N-ethyl adjacent to an activating group) is 1. The first-order valence-electron chi connectivity index (χ1n) is 20.6. The van der Waals surface area contributed by atoms with E-state index in [4.69, 9.17) is 5.73 Å². The van der Waals surface area contributed by atoms with Crippen molar-refractivity contribution in [2.45, 2.75) is 158 Å². The monoisotopic (exact) mass is 739 g/mol. The first-order chi connectivity index (χ1) is 24.4. The molecule has 3 amide bonds. The minimum atomic E-state index is -1.01. The van der Waals surface area contributed by atoms with E-state index < -0.39 is 46.3 Å². The Morgan fingerprint density at radius 2 is 1.30 bits per heavy atom. The number of carbonyl (C=O) groups is 6. The first kappa shape index (κ1) is 41.5. The number of nitrogens with two attached hydrogens (primary N) is 1. The molecule has 0 aromatic rings. The molecule has 5 fully saturated rings. The maximum Gasteiger partial charge on any atom is 0.285 e. The van der Waals surface area contributed by atoms with E-state index in [1.165, 1.54) is 0 Å². The van der Waals surface area contributed by atoms with E-state index in [2.05, 4.69) is 39.6 Å². The Hall–Kier alpha value is -2.62. The van der Waals surface area contributed by atoms with E-state index in [1.807, 2.05) is 46.4 Å². The number of primary amides is 1. The second-order valence-corrected chi connectivity index (χ2v) is 20.8. The Morgan fingerprint density at radius 3 is 1.72 bits per heavy atom. The van der Waals surface area contributed by atoms with Gasteiger partial charge in [-0.15, -0.1) is 0 Å². The third-order valence-electron chi connectivity index (χ3n) is 15.6. The lowest BCUT2D eigenvalue weighted by atomic mass is 9.73. The predicted molar refractivity (Wildman–Crippen MR) is 205 cm³/mol. The molecule has 298 valence electrons. The third-order valence-corrected chi connectivity index (χ3v) is 15.6. The zero-order chi connectivity index (χ0) is 39.6. The van der Waals surface area contributed by atoms with Gasteiger partial charge in [-0.2, -0.15) is 0 Å². The Bertz CT molecular complexity index is 1470. The molecule has 1 unspecified atom stereocenters. The molecule has 7 atom stereocenters. The number of piperazine rings is 1. The van der Waals surface area contributed by atoms with Crippen molar-refractivity contribution < 1.29 is 28.8 Å². The Balaban J connectivity index is 1.39. The van der Waals surface area contributed by atoms with E-state index in [1.54, 1.807) is 4.90 Å². The van der Waals surface area contributed by atoms with Crippen LogP contribution < -0.4 is 5.73 Å². The summed E-state index contributed by atoms with van der Waals surface area (Å²) in [6.07, 6.45) is 7.24. The Labute approximate surface area is 319 Å². The summed E-state index contributed by atoms with van der Waals surface area (Å²) in [7, 11) is 2.08. The van der Waals surface area contributed by atoms with Gasteiger partial charge < -0.3 is 15.5 Å². The quantitative estimate of drug-likeness (QED) is 0.235. The number of hydrogen-bond donors (Lipinski definition) is 1. The van der Waals surface area contributed by atoms with Crippen LogP contribution in [0.25, 0.3) is 0 Å². The summed E-state index contributed by atoms with van der Waals surface area (Å²) >= 11 is 0. The van der Waals surface area contributed by atoms with Gasteiger partial charge in [0.1, 0.15) is 5.78 Å². The van der Waals surface area contributed by atoms with Crippen LogP contribution in [0.15, 0.2) is 0 Å². The van der Waals surface area contributed by atoms with Crippen molar-refractivity contribution in [1.82, 2.24) is 14.7 Å². The summed E-state index contributed by atoms with van der Waals surface area (Å²) in [6.45, 7) is 22.4. The minimum Gasteiger partial charge on any atom is -0.363 e. The highest BCUT2D eigenvalue weighted by Crippen LogP contribution is 2.88. The minimum absolute atomic E-state index is 0.00726. The van der Waals surface area contributed by atoms with Crippen LogP contribution in [0.2, 0.25) is 0 Å². The molecule has 2 saturated heterocycles. The Kier molecular flexibility index (Phi) is 11.3. The molecule has 2 heterocycles. The summed E-state index contributed by atoms with van der Waals surface area (Å²) in [5.41, 5.74) is 4.24. The van der Waals surface area contributed by atoms with Gasteiger partial charge >= 0.3 is 0 Å². The standard InChI is InChI=1S/C43H70N4O6/c1-26-23-46(24-27(2)45(26)11)37(52)31(39(3,4)5)20-30(48)21-32(40(6,7)8)38(53)47-25-43(41(9,10)42(43)16-13-17-42)22-33(47)34(49)19-29(35(50)36(44)51)18-28-14-12-15-28/h26-29,31-33H,12-25H2,1-11H3,(H2,44,51)/t26-,27+,29?,31-,32-,33+,43-/m1/s1. The molecule has 0 radical (unpaired) electrons. The van der Waals surface area contributed by atoms with Crippen molar-refractivity contribution in [3.63, 3.8) is 0 Å². The summed E-state index contributed by atoms with van der Waals surface area (Å²) in [6, 6.07) is -0.310. The van der Waals surface area contributed by atoms with Gasteiger partial charge in [0.15, 0.2) is 5.78 Å². The summed E-state index contributed by atoms with van der Waals surface area (Å²) in [5.74, 6) is -3.91. The molecule has 0 aromatic carbocycles. The summed E-state index contributed by atoms with van der Waals surface area (Å²) in [5, 5.41) is 0. The SMILES string of the molecule is C[C@@H]1CN(C(=O)[C@@H](CC(=O)C[C@H](C(=O)N2C[C@]3(C[C@H]2C(=O)CC(CC2CCC2)C(=O)C(N)=O)C(C)(C)C32CCC2)C(C)(C)C)C(C)(C)C)C[C@H](C)N1C. The van der Waals surface area contributed by atoms with E-state index >= 15 is 4.79 Å². The van der Waals surface area contributed by atoms with E-state index in [0.717, 1.165) is 38.5 Å². The van der Waals surface area contributed by atoms with Crippen LogP contribution in [-0.2, 0) is 28.8 Å². The molecule has 0 bridgehead atoms. The van der Waals surface area contributed by atoms with Gasteiger partial charge in [0.2, 0.25) is 17.6 Å². The molecular weight excluding hydrogens is 668 g/mol. The normalized spacial score (nSPS) is 30.0. The van der Waals surface area contributed by atoms with Crippen LogP contribution in [0.4, 0.5) is 0 Å². The number of likely N-dealkylation sites (tertiary alicyclic amines) is 1. The lowest BCUT2D eigenvalue weighted by molar-refractivity contribution is -0.148. The molecule has 5 aliphatic rings. The van der Waals surface area contributed by atoms with E-state index in [-0.39, 0.29) is 71.0 Å². The van der Waals surface area contributed by atoms with Crippen molar-refractivity contribution in [2.75, 3.05) is 26.7 Å². The number of hydrogen-bond acceptors (Lipinski definition) is 7. The van der Waals surface area contributed by atoms with Crippen LogP contribution in [0, 0.1) is 50.7 Å². The fourth-order valence-electron chi connectivity index (χ4n) is 11.2. The molecule has 10 nitrogen and oxygen atoms in total. The van der Waals surface area contributed by atoms with Crippen molar-refractivity contribution in [1.29, 1.82) is 0 Å². The van der Waals surface area contributed by atoms with Crippen molar-refractivity contribution in [2.24, 2.45) is 56.5 Å². The molecule has 2 aliphatic heterocycles. The van der Waals surface area contributed by atoms with Crippen molar-refractivity contribution in [3.8, 4) is 0 Å². The molecule has 5 rings (SSSR count). The molecular formula is C43H70N4O6. The lowest BCUT2D eigenvalue weighted by Crippen LogP contribution is -2.58. The van der Waals surface area contributed by atoms with E-state index in [9.17, 15) is 24.0 Å². The molecule has 10 heteroatoms. The number of amides is 3. The maximum absolute atomic E-state index is 15.0. The van der Waals surface area contributed by atoms with Crippen LogP contribution in [0.5, 0.6) is 0 Å². The van der Waals surface area contributed by atoms with Gasteiger partial charge in [0, 0.05) is 74.1 Å². The highest BCUT2D eigenvalue weighted by atomic mass is 16.2. The third kappa shape index (κ3) is 7.40. The maximum atomic E-state index is 15.0. The van der Waals surface area contributed by atoms with Gasteiger partial charge in [-0.25, -0.2) is 0 Å². The highest BCUT2D eigenvalue weighted by molar-refractivity contribution is 6.36. The van der Waals surface area contributed by atoms with Gasteiger partial charge in [-0.3, -0.25) is 33.7 Å². The number of ketones is 3. The highest BCUT2D eigenvalue weighted by Gasteiger charge is 2.85. The largest absolute Gasteiger partial charge is 0.363 e. The number of carbonyl (C=O) groups excluding carboxylic acids is 6. The van der Waals surface area contributed by atoms with Crippen LogP contribution in [0.3, 0.4) is 0 Å². The fourth-order valence-corrected chi connectivity index (χ4v) is 11.2. The van der Waals surface area contributed by atoms with E-state index in [0.29, 0.717) is 38.4 Å². The topological polar surface area (TPSA) is 138 Å². The molecule has 3 aliphatic carbocycles. The Morgan fingerprint density at radius 1 is 0.774 bits per heavy atom. The fraction of sp³-hybridized carbons (Fsp3) is 0.860. The lowest BCUT2D eigenvalue weighted by Gasteiger charge is -2.45. The molecule has 3 saturated carbocycles. The molecule has 53 heavy (non-hydrogen) atoms. The first-order valence-corrected chi connectivity index (χ1v) is 20.6. The van der Waals surface area contributed by atoms with Crippen molar-refractivity contribution >= 4 is 35.1 Å². The number of Topliss-reactive ketones (excluding diaryl/α,β-unsaturated/α-hetero) is 3. The van der Waals surface area contributed by atoms with Gasteiger partial charge in [-0.05, 0) is 74.2 Å². The average Bonchev–Trinajstić information content (AvgIpc) is 3.22. The summed E-state index contributed by atoms with van der Waals surface area (Å²) in [4.78, 5) is 88.9. The molecule has 0 aromatic heterocycles.